The highest BCUT2D eigenvalue weighted by Gasteiger charge is 2.23. The van der Waals surface area contributed by atoms with Crippen LogP contribution in [-0.4, -0.2) is 45.1 Å². The van der Waals surface area contributed by atoms with Gasteiger partial charge in [0.1, 0.15) is 0 Å². The average Bonchev–Trinajstić information content (AvgIpc) is 3.23. The van der Waals surface area contributed by atoms with E-state index < -0.39 is 6.10 Å². The van der Waals surface area contributed by atoms with Gasteiger partial charge in [0.2, 0.25) is 5.95 Å². The SMILES string of the molecule is [2H]c1ccc(Nc2ncc[nH]2)c(C2=NNNN2C[C@H](O)CN)c1[2H]. The van der Waals surface area contributed by atoms with Crippen LogP contribution in [-0.2, 0) is 0 Å². The number of rotatable bonds is 6. The van der Waals surface area contributed by atoms with Crippen LogP contribution in [0.25, 0.3) is 0 Å². The van der Waals surface area contributed by atoms with Crippen molar-refractivity contribution in [3.8, 4) is 0 Å². The number of aliphatic hydroxyl groups is 1. The largest absolute Gasteiger partial charge is 0.390 e. The molecular formula is C13H18N8O. The Morgan fingerprint density at radius 2 is 2.45 bits per heavy atom. The summed E-state index contributed by atoms with van der Waals surface area (Å²) in [5.41, 5.74) is 11.8. The molecule has 0 amide bonds. The van der Waals surface area contributed by atoms with Crippen LogP contribution in [0.3, 0.4) is 0 Å². The molecule has 9 nitrogen and oxygen atoms in total. The number of H-pyrrole nitrogens is 1. The van der Waals surface area contributed by atoms with Crippen LogP contribution in [0.2, 0.25) is 0 Å². The van der Waals surface area contributed by atoms with E-state index >= 15 is 0 Å². The highest BCUT2D eigenvalue weighted by Crippen LogP contribution is 2.21. The van der Waals surface area contributed by atoms with Gasteiger partial charge in [-0.1, -0.05) is 12.1 Å². The summed E-state index contributed by atoms with van der Waals surface area (Å²) in [7, 11) is 0. The summed E-state index contributed by atoms with van der Waals surface area (Å²) < 4.78 is 16.1. The number of hydrazine groups is 2. The highest BCUT2D eigenvalue weighted by molar-refractivity contribution is 6.04. The number of anilines is 2. The van der Waals surface area contributed by atoms with E-state index in [0.717, 1.165) is 0 Å². The van der Waals surface area contributed by atoms with Crippen LogP contribution in [0.4, 0.5) is 11.6 Å². The number of aromatic amines is 1. The second-order valence-corrected chi connectivity index (χ2v) is 4.61. The number of nitrogens with two attached hydrogens (primary N) is 1. The highest BCUT2D eigenvalue weighted by atomic mass is 16.3. The molecule has 0 saturated heterocycles. The van der Waals surface area contributed by atoms with E-state index in [9.17, 15) is 5.11 Å². The predicted molar refractivity (Wildman–Crippen MR) is 82.9 cm³/mol. The van der Waals surface area contributed by atoms with Crippen molar-refractivity contribution >= 4 is 17.5 Å². The summed E-state index contributed by atoms with van der Waals surface area (Å²) in [4.78, 5) is 7.01. The second kappa shape index (κ2) is 6.43. The van der Waals surface area contributed by atoms with Gasteiger partial charge in [-0.25, -0.2) is 10.5 Å². The Morgan fingerprint density at radius 1 is 1.55 bits per heavy atom. The predicted octanol–water partition coefficient (Wildman–Crippen LogP) is -0.541. The van der Waals surface area contributed by atoms with E-state index in [1.54, 1.807) is 18.5 Å². The molecule has 9 heteroatoms. The number of para-hydroxylation sites is 1. The number of nitrogens with zero attached hydrogens (tertiary/aromatic N) is 3. The molecule has 1 aliphatic heterocycles. The Balaban J connectivity index is 1.97. The number of imidazole rings is 1. The van der Waals surface area contributed by atoms with Gasteiger partial charge in [-0.2, -0.15) is 0 Å². The lowest BCUT2D eigenvalue weighted by molar-refractivity contribution is 0.129. The molecule has 1 atom stereocenters. The van der Waals surface area contributed by atoms with E-state index in [0.29, 0.717) is 23.0 Å². The first kappa shape index (κ1) is 12.0. The van der Waals surface area contributed by atoms with E-state index in [-0.39, 0.29) is 25.2 Å². The fourth-order valence-corrected chi connectivity index (χ4v) is 1.99. The normalized spacial score (nSPS) is 16.6. The zero-order chi connectivity index (χ0) is 17.1. The molecule has 1 aromatic heterocycles. The second-order valence-electron chi connectivity index (χ2n) is 4.61. The summed E-state index contributed by atoms with van der Waals surface area (Å²) in [5, 5.41) is 18.5. The third-order valence-electron chi connectivity index (χ3n) is 3.04. The quantitative estimate of drug-likeness (QED) is 0.423. The summed E-state index contributed by atoms with van der Waals surface area (Å²) >= 11 is 0. The number of hydrogen-bond acceptors (Lipinski definition) is 8. The van der Waals surface area contributed by atoms with Crippen molar-refractivity contribution in [1.29, 1.82) is 0 Å². The van der Waals surface area contributed by atoms with Crippen molar-refractivity contribution in [2.24, 2.45) is 10.8 Å². The first-order valence-electron chi connectivity index (χ1n) is 7.71. The number of benzene rings is 1. The van der Waals surface area contributed by atoms with E-state index in [1.165, 1.54) is 11.1 Å². The van der Waals surface area contributed by atoms with Gasteiger partial charge in [0.05, 0.1) is 21.1 Å². The van der Waals surface area contributed by atoms with Gasteiger partial charge in [-0.05, 0) is 12.1 Å². The Hall–Kier alpha value is -2.62. The molecule has 0 bridgehead atoms. The maximum Gasteiger partial charge on any atom is 0.204 e. The van der Waals surface area contributed by atoms with Gasteiger partial charge >= 0.3 is 0 Å². The molecule has 7 N–H and O–H groups in total. The summed E-state index contributed by atoms with van der Waals surface area (Å²) in [5.74, 6) is 0.872. The smallest absolute Gasteiger partial charge is 0.204 e. The molecule has 0 saturated carbocycles. The topological polar surface area (TPSA) is 127 Å². The number of hydrogen-bond donors (Lipinski definition) is 6. The van der Waals surface area contributed by atoms with Crippen LogP contribution in [0.1, 0.15) is 8.30 Å². The summed E-state index contributed by atoms with van der Waals surface area (Å²) in [6.45, 7) is 0.263. The van der Waals surface area contributed by atoms with Crippen LogP contribution in [0.5, 0.6) is 0 Å². The lowest BCUT2D eigenvalue weighted by atomic mass is 10.1. The van der Waals surface area contributed by atoms with Gasteiger partial charge in [-0.3, -0.25) is 5.01 Å². The average molecular weight is 304 g/mol. The molecule has 0 unspecified atom stereocenters. The zero-order valence-electron chi connectivity index (χ0n) is 13.7. The number of aromatic nitrogens is 2. The van der Waals surface area contributed by atoms with Gasteiger partial charge in [-0.15, -0.1) is 10.6 Å². The van der Waals surface area contributed by atoms with Crippen molar-refractivity contribution in [2.75, 3.05) is 18.4 Å². The van der Waals surface area contributed by atoms with Crippen molar-refractivity contribution in [2.45, 2.75) is 6.10 Å². The Kier molecular flexibility index (Phi) is 3.50. The molecule has 1 aliphatic rings. The number of hydrazone groups is 1. The minimum Gasteiger partial charge on any atom is -0.390 e. The van der Waals surface area contributed by atoms with Gasteiger partial charge in [0.25, 0.3) is 0 Å². The Bertz CT molecular complexity index is 736. The van der Waals surface area contributed by atoms with E-state index in [4.69, 9.17) is 8.48 Å². The molecule has 1 aromatic carbocycles. The number of β-amino-alcohol motifs (C(OH)–C–C–N with tert-alkyl or cyclic N) is 1. The molecule has 3 rings (SSSR count). The fourth-order valence-electron chi connectivity index (χ4n) is 1.99. The number of nitrogens with one attached hydrogen (secondary N) is 4. The third kappa shape index (κ3) is 3.01. The number of amidine groups is 1. The Morgan fingerprint density at radius 3 is 3.23 bits per heavy atom. The number of aliphatic hydroxyl groups excluding tert-OH is 1. The van der Waals surface area contributed by atoms with Gasteiger partial charge in [0, 0.05) is 24.5 Å². The molecule has 0 spiro atoms. The van der Waals surface area contributed by atoms with Crippen molar-refractivity contribution in [3.05, 3.63) is 42.2 Å². The molecule has 2 aromatic rings. The van der Waals surface area contributed by atoms with Crippen molar-refractivity contribution < 1.29 is 7.85 Å². The van der Waals surface area contributed by atoms with E-state index in [2.05, 4.69) is 31.5 Å². The van der Waals surface area contributed by atoms with Crippen LogP contribution >= 0.6 is 0 Å². The standard InChI is InChI=1S/C13H18N8O/c14-7-9(22)8-21-12(18-19-20-21)10-3-1-2-4-11(10)17-13-15-5-6-16-13/h1-6,9,19-20,22H,7-8,14H2,(H2,15,16,17)/t9-/m1/s1/i1D,3D. The lowest BCUT2D eigenvalue weighted by Gasteiger charge is -2.22. The van der Waals surface area contributed by atoms with Gasteiger partial charge < -0.3 is 21.1 Å². The van der Waals surface area contributed by atoms with Gasteiger partial charge in [0.15, 0.2) is 5.84 Å². The monoisotopic (exact) mass is 304 g/mol. The fraction of sp³-hybridized carbons (Fsp3) is 0.231. The Labute approximate surface area is 130 Å². The first-order valence-corrected chi connectivity index (χ1v) is 6.71. The third-order valence-corrected chi connectivity index (χ3v) is 3.04. The maximum atomic E-state index is 9.78. The van der Waals surface area contributed by atoms with Crippen LogP contribution in [0, 0.1) is 0 Å². The minimum absolute atomic E-state index is 0.00282. The molecule has 116 valence electrons. The summed E-state index contributed by atoms with van der Waals surface area (Å²) in [6.07, 6.45) is 2.50. The molecular weight excluding hydrogens is 284 g/mol. The molecule has 0 radical (unpaired) electrons. The van der Waals surface area contributed by atoms with Crippen molar-refractivity contribution in [3.63, 3.8) is 0 Å². The van der Waals surface area contributed by atoms with Crippen molar-refractivity contribution in [1.82, 2.24) is 26.0 Å². The lowest BCUT2D eigenvalue weighted by Crippen LogP contribution is -2.47. The molecule has 0 aliphatic carbocycles. The molecule has 22 heavy (non-hydrogen) atoms. The van der Waals surface area contributed by atoms with E-state index in [1.807, 2.05) is 0 Å². The minimum atomic E-state index is -0.766. The molecule has 0 fully saturated rings. The maximum absolute atomic E-state index is 9.78. The van der Waals surface area contributed by atoms with Crippen LogP contribution < -0.4 is 22.1 Å². The molecule has 2 heterocycles. The zero-order valence-corrected chi connectivity index (χ0v) is 11.7. The first-order chi connectivity index (χ1) is 11.6. The summed E-state index contributed by atoms with van der Waals surface area (Å²) in [6, 6.07) is 3.26. The van der Waals surface area contributed by atoms with Crippen LogP contribution in [0.15, 0.2) is 41.7 Å².